The number of rotatable bonds is 2. The molecule has 1 saturated heterocycles. The van der Waals surface area contributed by atoms with Crippen LogP contribution in [0.3, 0.4) is 0 Å². The predicted molar refractivity (Wildman–Crippen MR) is 78.3 cm³/mol. The van der Waals surface area contributed by atoms with Crippen LogP contribution in [0.15, 0.2) is 12.1 Å². The standard InChI is InChI=1S/C14H15FN2O4S/c1-5-2-6-3-7(14(22)17-13(6)16-12(5)15)11-10(20)9(19)8(4-18)21-11/h2-3,8-11,18-20H,4H2,1H3,(H,16,17,22)/t8-,9?,10?,11+/m1/s1. The lowest BCUT2D eigenvalue weighted by Gasteiger charge is -2.16. The van der Waals surface area contributed by atoms with Crippen LogP contribution >= 0.6 is 12.2 Å². The number of H-pyrrole nitrogens is 1. The van der Waals surface area contributed by atoms with Gasteiger partial charge in [0.1, 0.15) is 34.7 Å². The van der Waals surface area contributed by atoms with Crippen molar-refractivity contribution < 1.29 is 24.4 Å². The third-order valence-corrected chi connectivity index (χ3v) is 4.17. The van der Waals surface area contributed by atoms with E-state index >= 15 is 0 Å². The molecule has 1 aliphatic heterocycles. The molecule has 4 N–H and O–H groups in total. The van der Waals surface area contributed by atoms with Crippen LogP contribution in [-0.2, 0) is 4.74 Å². The van der Waals surface area contributed by atoms with Crippen molar-refractivity contribution in [2.45, 2.75) is 31.3 Å². The maximum atomic E-state index is 13.5. The molecule has 4 atom stereocenters. The van der Waals surface area contributed by atoms with Gasteiger partial charge in [0.25, 0.3) is 0 Å². The first-order valence-corrected chi connectivity index (χ1v) is 7.15. The molecule has 1 fully saturated rings. The van der Waals surface area contributed by atoms with Crippen LogP contribution in [0.25, 0.3) is 11.0 Å². The summed E-state index contributed by atoms with van der Waals surface area (Å²) < 4.78 is 19.2. The molecule has 22 heavy (non-hydrogen) atoms. The molecule has 2 aromatic heterocycles. The zero-order chi connectivity index (χ0) is 16.0. The van der Waals surface area contributed by atoms with Crippen molar-refractivity contribution >= 4 is 23.3 Å². The number of aliphatic hydroxyl groups excluding tert-OH is 3. The highest BCUT2D eigenvalue weighted by Crippen LogP contribution is 2.34. The average Bonchev–Trinajstić information content (AvgIpc) is 2.76. The summed E-state index contributed by atoms with van der Waals surface area (Å²) in [5.74, 6) is -0.584. The van der Waals surface area contributed by atoms with Crippen LogP contribution in [0, 0.1) is 17.5 Å². The minimum atomic E-state index is -1.21. The summed E-state index contributed by atoms with van der Waals surface area (Å²) in [6.07, 6.45) is -4.16. The Morgan fingerprint density at radius 2 is 2.09 bits per heavy atom. The van der Waals surface area contributed by atoms with E-state index in [0.29, 0.717) is 22.2 Å². The van der Waals surface area contributed by atoms with Crippen LogP contribution in [0.1, 0.15) is 17.2 Å². The Morgan fingerprint density at radius 1 is 1.36 bits per heavy atom. The Kier molecular flexibility index (Phi) is 3.96. The molecule has 2 unspecified atom stereocenters. The normalized spacial score (nSPS) is 28.4. The Morgan fingerprint density at radius 3 is 2.73 bits per heavy atom. The molecule has 0 amide bonds. The second kappa shape index (κ2) is 5.64. The van der Waals surface area contributed by atoms with Crippen molar-refractivity contribution in [3.63, 3.8) is 0 Å². The van der Waals surface area contributed by atoms with Gasteiger partial charge in [0.05, 0.1) is 6.61 Å². The van der Waals surface area contributed by atoms with E-state index in [2.05, 4.69) is 9.97 Å². The van der Waals surface area contributed by atoms with E-state index in [-0.39, 0.29) is 4.64 Å². The number of nitrogens with one attached hydrogen (secondary N) is 1. The van der Waals surface area contributed by atoms with Crippen molar-refractivity contribution in [1.29, 1.82) is 0 Å². The zero-order valence-electron chi connectivity index (χ0n) is 11.7. The molecule has 2 aromatic rings. The summed E-state index contributed by atoms with van der Waals surface area (Å²) >= 11 is 5.21. The number of aliphatic hydroxyl groups is 3. The Hall–Kier alpha value is -1.45. The van der Waals surface area contributed by atoms with E-state index in [1.807, 2.05) is 0 Å². The SMILES string of the molecule is Cc1cc2cc([C@@H]3O[C@H](CO)C(O)C3O)c(=S)[nH]c2nc1F. The van der Waals surface area contributed by atoms with Gasteiger partial charge in [-0.05, 0) is 19.1 Å². The minimum absolute atomic E-state index is 0.234. The highest BCUT2D eigenvalue weighted by Gasteiger charge is 2.43. The quantitative estimate of drug-likeness (QED) is 0.483. The highest BCUT2D eigenvalue weighted by molar-refractivity contribution is 7.71. The molecule has 3 heterocycles. The van der Waals surface area contributed by atoms with Gasteiger partial charge in [0.2, 0.25) is 5.95 Å². The molecule has 0 radical (unpaired) electrons. The van der Waals surface area contributed by atoms with Gasteiger partial charge in [0, 0.05) is 16.5 Å². The first kappa shape index (κ1) is 15.4. The Labute approximate surface area is 130 Å². The summed E-state index contributed by atoms with van der Waals surface area (Å²) in [6.45, 7) is 1.18. The first-order valence-electron chi connectivity index (χ1n) is 6.75. The fourth-order valence-electron chi connectivity index (χ4n) is 2.60. The molecule has 0 bridgehead atoms. The second-order valence-corrected chi connectivity index (χ2v) is 5.75. The van der Waals surface area contributed by atoms with Gasteiger partial charge < -0.3 is 25.0 Å². The van der Waals surface area contributed by atoms with Crippen molar-refractivity contribution in [1.82, 2.24) is 9.97 Å². The molecule has 118 valence electrons. The number of pyridine rings is 2. The maximum absolute atomic E-state index is 13.5. The van der Waals surface area contributed by atoms with Gasteiger partial charge in [-0.25, -0.2) is 4.98 Å². The number of nitrogens with zero attached hydrogens (tertiary/aromatic N) is 1. The predicted octanol–water partition coefficient (Wildman–Crippen LogP) is 0.894. The Bertz CT molecular complexity index is 781. The van der Waals surface area contributed by atoms with E-state index in [1.54, 1.807) is 19.1 Å². The average molecular weight is 326 g/mol. The third kappa shape index (κ3) is 2.42. The summed E-state index contributed by atoms with van der Waals surface area (Å²) in [7, 11) is 0. The van der Waals surface area contributed by atoms with Crippen LogP contribution < -0.4 is 0 Å². The lowest BCUT2D eigenvalue weighted by atomic mass is 10.0. The molecule has 3 rings (SSSR count). The van der Waals surface area contributed by atoms with Gasteiger partial charge in [-0.15, -0.1) is 0 Å². The summed E-state index contributed by atoms with van der Waals surface area (Å²) in [5.41, 5.74) is 1.13. The van der Waals surface area contributed by atoms with Gasteiger partial charge in [-0.2, -0.15) is 4.39 Å². The highest BCUT2D eigenvalue weighted by atomic mass is 32.1. The number of hydrogen-bond donors (Lipinski definition) is 4. The monoisotopic (exact) mass is 326 g/mol. The van der Waals surface area contributed by atoms with E-state index < -0.39 is 37.0 Å². The number of hydrogen-bond acceptors (Lipinski definition) is 6. The van der Waals surface area contributed by atoms with E-state index in [4.69, 9.17) is 22.1 Å². The number of aromatic nitrogens is 2. The van der Waals surface area contributed by atoms with Gasteiger partial charge in [-0.3, -0.25) is 0 Å². The topological polar surface area (TPSA) is 98.6 Å². The number of ether oxygens (including phenoxy) is 1. The molecular formula is C14H15FN2O4S. The van der Waals surface area contributed by atoms with E-state index in [9.17, 15) is 14.6 Å². The van der Waals surface area contributed by atoms with Gasteiger partial charge >= 0.3 is 0 Å². The first-order chi connectivity index (χ1) is 10.4. The minimum Gasteiger partial charge on any atom is -0.394 e. The molecule has 1 aliphatic rings. The van der Waals surface area contributed by atoms with Gasteiger partial charge in [-0.1, -0.05) is 12.2 Å². The summed E-state index contributed by atoms with van der Waals surface area (Å²) in [4.78, 5) is 6.59. The number of halogens is 1. The molecule has 6 nitrogen and oxygen atoms in total. The van der Waals surface area contributed by atoms with Gasteiger partial charge in [0.15, 0.2) is 0 Å². The Balaban J connectivity index is 2.10. The van der Waals surface area contributed by atoms with Crippen molar-refractivity contribution in [2.75, 3.05) is 6.61 Å². The van der Waals surface area contributed by atoms with E-state index in [1.165, 1.54) is 0 Å². The van der Waals surface area contributed by atoms with Crippen LogP contribution in [-0.4, -0.2) is 50.2 Å². The van der Waals surface area contributed by atoms with Crippen molar-refractivity contribution in [3.05, 3.63) is 33.8 Å². The number of aromatic amines is 1. The fraction of sp³-hybridized carbons (Fsp3) is 0.429. The molecule has 0 saturated carbocycles. The zero-order valence-corrected chi connectivity index (χ0v) is 12.5. The molecular weight excluding hydrogens is 311 g/mol. The van der Waals surface area contributed by atoms with Crippen LogP contribution in [0.5, 0.6) is 0 Å². The van der Waals surface area contributed by atoms with Crippen molar-refractivity contribution in [3.8, 4) is 0 Å². The molecule has 8 heteroatoms. The third-order valence-electron chi connectivity index (χ3n) is 3.83. The van der Waals surface area contributed by atoms with Crippen LogP contribution in [0.4, 0.5) is 4.39 Å². The summed E-state index contributed by atoms with van der Waals surface area (Å²) in [5, 5.41) is 29.7. The fourth-order valence-corrected chi connectivity index (χ4v) is 2.87. The number of fused-ring (bicyclic) bond motifs is 1. The smallest absolute Gasteiger partial charge is 0.217 e. The lowest BCUT2D eigenvalue weighted by Crippen LogP contribution is -2.32. The second-order valence-electron chi connectivity index (χ2n) is 5.35. The van der Waals surface area contributed by atoms with E-state index in [0.717, 1.165) is 0 Å². The van der Waals surface area contributed by atoms with Crippen molar-refractivity contribution in [2.24, 2.45) is 0 Å². The molecule has 0 aliphatic carbocycles. The molecule has 0 spiro atoms. The summed E-state index contributed by atoms with van der Waals surface area (Å²) in [6, 6.07) is 3.25. The largest absolute Gasteiger partial charge is 0.394 e. The van der Waals surface area contributed by atoms with Crippen LogP contribution in [0.2, 0.25) is 0 Å². The number of aryl methyl sites for hydroxylation is 1. The lowest BCUT2D eigenvalue weighted by molar-refractivity contribution is -0.0229. The maximum Gasteiger partial charge on any atom is 0.217 e. The molecule has 0 aromatic carbocycles.